The number of hydrogen-bond acceptors (Lipinski definition) is 4. The summed E-state index contributed by atoms with van der Waals surface area (Å²) in [6.07, 6.45) is 11.9. The molecule has 1 atom stereocenters. The molecule has 0 spiro atoms. The number of nitrogens with zero attached hydrogens (tertiary/aromatic N) is 1. The first-order valence-corrected chi connectivity index (χ1v) is 15.4. The first-order chi connectivity index (χ1) is 22.7. The maximum Gasteiger partial charge on any atom is 0.248 e. The maximum absolute atomic E-state index is 14.2. The van der Waals surface area contributed by atoms with Crippen molar-refractivity contribution in [3.8, 4) is 16.9 Å². The minimum absolute atomic E-state index is 0.0315. The van der Waals surface area contributed by atoms with Gasteiger partial charge in [-0.2, -0.15) is 0 Å². The molecular weight excluding hydrogens is 598 g/mol. The number of aryl methyl sites for hydroxylation is 1. The van der Waals surface area contributed by atoms with Crippen molar-refractivity contribution in [2.24, 2.45) is 5.73 Å². The highest BCUT2D eigenvalue weighted by atomic mass is 19.1. The maximum atomic E-state index is 14.2. The Hall–Kier alpha value is -5.57. The monoisotopic (exact) mass is 632 g/mol. The van der Waals surface area contributed by atoms with Crippen molar-refractivity contribution >= 4 is 22.7 Å². The molecule has 0 bridgehead atoms. The molecule has 0 fully saturated rings. The van der Waals surface area contributed by atoms with Crippen LogP contribution in [0, 0.1) is 18.6 Å². The number of rotatable bonds is 11. The van der Waals surface area contributed by atoms with E-state index < -0.39 is 23.6 Å². The number of nitrogens with one attached hydrogen (secondary N) is 2. The van der Waals surface area contributed by atoms with Crippen molar-refractivity contribution in [2.45, 2.75) is 38.6 Å². The van der Waals surface area contributed by atoms with Gasteiger partial charge in [-0.15, -0.1) is 0 Å². The molecule has 0 saturated heterocycles. The molecule has 4 N–H and O–H groups in total. The van der Waals surface area contributed by atoms with E-state index in [2.05, 4.69) is 33.5 Å². The van der Waals surface area contributed by atoms with Crippen LogP contribution >= 0.6 is 0 Å². The fraction of sp³-hybridized carbons (Fsp3) is 0.184. The predicted molar refractivity (Wildman–Crippen MR) is 178 cm³/mol. The molecule has 1 aliphatic rings. The topological polar surface area (TPSA) is 110 Å². The van der Waals surface area contributed by atoms with Gasteiger partial charge in [0, 0.05) is 40.5 Å². The number of primary amides is 1. The number of halogens is 2. The van der Waals surface area contributed by atoms with Crippen LogP contribution in [0.5, 0.6) is 5.75 Å². The zero-order valence-electron chi connectivity index (χ0n) is 25.9. The van der Waals surface area contributed by atoms with Gasteiger partial charge >= 0.3 is 0 Å². The molecular formula is C38H34F2N4O3. The quantitative estimate of drug-likeness (QED) is 0.143. The van der Waals surface area contributed by atoms with Gasteiger partial charge in [0.2, 0.25) is 11.8 Å². The number of allylic oxidation sites excluding steroid dienone is 2. The first-order valence-electron chi connectivity index (χ1n) is 15.4. The highest BCUT2D eigenvalue weighted by Gasteiger charge is 2.23. The Morgan fingerprint density at radius 2 is 1.87 bits per heavy atom. The fourth-order valence-electron chi connectivity index (χ4n) is 5.93. The summed E-state index contributed by atoms with van der Waals surface area (Å²) in [5.41, 5.74) is 11.7. The van der Waals surface area contributed by atoms with Gasteiger partial charge in [-0.25, -0.2) is 8.78 Å². The predicted octanol–water partition coefficient (Wildman–Crippen LogP) is 7.21. The molecule has 0 radical (unpaired) electrons. The van der Waals surface area contributed by atoms with Gasteiger partial charge in [-0.3, -0.25) is 14.6 Å². The minimum Gasteiger partial charge on any atom is -0.489 e. The summed E-state index contributed by atoms with van der Waals surface area (Å²) in [5, 5.41) is 3.93. The molecule has 6 rings (SSSR count). The lowest BCUT2D eigenvalue weighted by atomic mass is 9.94. The highest BCUT2D eigenvalue weighted by molar-refractivity contribution is 5.94. The number of hydrogen-bond donors (Lipinski definition) is 3. The summed E-state index contributed by atoms with van der Waals surface area (Å²) in [5.74, 6) is -1.59. The Labute approximate surface area is 271 Å². The Morgan fingerprint density at radius 3 is 2.64 bits per heavy atom. The zero-order valence-corrected chi connectivity index (χ0v) is 25.9. The average Bonchev–Trinajstić information content (AvgIpc) is 3.43. The molecule has 238 valence electrons. The van der Waals surface area contributed by atoms with Crippen molar-refractivity contribution < 1.29 is 23.1 Å². The van der Waals surface area contributed by atoms with Crippen molar-refractivity contribution in [1.29, 1.82) is 0 Å². The molecule has 7 nitrogen and oxygen atoms in total. The number of fused-ring (bicyclic) bond motifs is 1. The Morgan fingerprint density at radius 1 is 1.04 bits per heavy atom. The first kappa shape index (κ1) is 31.4. The van der Waals surface area contributed by atoms with Crippen LogP contribution in [0.2, 0.25) is 0 Å². The van der Waals surface area contributed by atoms with Crippen molar-refractivity contribution in [3.05, 3.63) is 143 Å². The fourth-order valence-corrected chi connectivity index (χ4v) is 5.93. The van der Waals surface area contributed by atoms with E-state index in [0.717, 1.165) is 52.3 Å². The van der Waals surface area contributed by atoms with Crippen LogP contribution in [0.25, 0.3) is 22.0 Å². The van der Waals surface area contributed by atoms with Crippen molar-refractivity contribution in [1.82, 2.24) is 15.3 Å². The van der Waals surface area contributed by atoms with Crippen LogP contribution in [-0.4, -0.2) is 28.4 Å². The number of pyridine rings is 1. The molecule has 2 aromatic heterocycles. The summed E-state index contributed by atoms with van der Waals surface area (Å²) in [7, 11) is 0. The number of aromatic nitrogens is 2. The number of aromatic amines is 1. The van der Waals surface area contributed by atoms with Gasteiger partial charge in [-0.05, 0) is 96.5 Å². The summed E-state index contributed by atoms with van der Waals surface area (Å²) in [6, 6.07) is 16.8. The van der Waals surface area contributed by atoms with E-state index in [1.165, 1.54) is 12.1 Å². The van der Waals surface area contributed by atoms with Gasteiger partial charge < -0.3 is 20.8 Å². The molecule has 2 amide bonds. The normalized spacial score (nSPS) is 13.3. The van der Waals surface area contributed by atoms with E-state index in [4.69, 9.17) is 10.5 Å². The van der Waals surface area contributed by atoms with Crippen LogP contribution < -0.4 is 15.8 Å². The van der Waals surface area contributed by atoms with Crippen LogP contribution in [0.3, 0.4) is 0 Å². The standard InChI is InChI=1S/C38H34F2N4O3/c1-23-13-33-32(20-35(23)47-22-24-7-3-2-4-8-24)28(21-43-33)18-36(45)44-34(16-25-14-29(39)19-30(40)15-25)37-31(11-6-12-42-37)26-9-5-10-27(17-26)38(41)46/h3,5-15,17,19-21,34,43H,2,4,16,18,22H2,1H3,(H2,41,46)(H,44,45)/t34-/m0/s1. The number of amides is 2. The molecule has 2 heterocycles. The van der Waals surface area contributed by atoms with E-state index in [9.17, 15) is 18.4 Å². The third kappa shape index (κ3) is 7.47. The van der Waals surface area contributed by atoms with Gasteiger partial charge in [0.1, 0.15) is 24.0 Å². The summed E-state index contributed by atoms with van der Waals surface area (Å²) in [4.78, 5) is 33.5. The summed E-state index contributed by atoms with van der Waals surface area (Å²) >= 11 is 0. The smallest absolute Gasteiger partial charge is 0.248 e. The van der Waals surface area contributed by atoms with Crippen LogP contribution in [0.1, 0.15) is 51.6 Å². The van der Waals surface area contributed by atoms with E-state index >= 15 is 0 Å². The van der Waals surface area contributed by atoms with E-state index in [1.807, 2.05) is 31.2 Å². The van der Waals surface area contributed by atoms with Gasteiger partial charge in [-0.1, -0.05) is 36.4 Å². The largest absolute Gasteiger partial charge is 0.489 e. The minimum atomic E-state index is -0.764. The Kier molecular flexibility index (Phi) is 9.24. The van der Waals surface area contributed by atoms with E-state index in [1.54, 1.807) is 36.7 Å². The lowest BCUT2D eigenvalue weighted by Crippen LogP contribution is -2.32. The van der Waals surface area contributed by atoms with Gasteiger partial charge in [0.15, 0.2) is 0 Å². The highest BCUT2D eigenvalue weighted by Crippen LogP contribution is 2.31. The van der Waals surface area contributed by atoms with Crippen LogP contribution in [-0.2, 0) is 17.6 Å². The SMILES string of the molecule is Cc1cc2[nH]cc(CC(=O)N[C@@H](Cc3cc(F)cc(F)c3)c3ncccc3-c3cccc(C(N)=O)c3)c2cc1OCC1=CCCC=C1. The number of benzene rings is 3. The molecule has 0 saturated carbocycles. The molecule has 47 heavy (non-hydrogen) atoms. The van der Waals surface area contributed by atoms with Crippen molar-refractivity contribution in [3.63, 3.8) is 0 Å². The van der Waals surface area contributed by atoms with Crippen LogP contribution in [0.15, 0.2) is 103 Å². The number of nitrogens with two attached hydrogens (primary N) is 1. The third-order valence-electron chi connectivity index (χ3n) is 8.20. The lowest BCUT2D eigenvalue weighted by molar-refractivity contribution is -0.121. The second-order valence-electron chi connectivity index (χ2n) is 11.7. The van der Waals surface area contributed by atoms with E-state index in [0.29, 0.717) is 34.6 Å². The number of ether oxygens (including phenoxy) is 1. The van der Waals surface area contributed by atoms with Gasteiger partial charge in [0.05, 0.1) is 18.2 Å². The third-order valence-corrected chi connectivity index (χ3v) is 8.20. The second-order valence-corrected chi connectivity index (χ2v) is 11.7. The van der Waals surface area contributed by atoms with Gasteiger partial charge in [0.25, 0.3) is 0 Å². The molecule has 0 unspecified atom stereocenters. The molecule has 9 heteroatoms. The van der Waals surface area contributed by atoms with E-state index in [-0.39, 0.29) is 18.7 Å². The second kappa shape index (κ2) is 13.8. The van der Waals surface area contributed by atoms with Crippen molar-refractivity contribution in [2.75, 3.05) is 6.61 Å². The van der Waals surface area contributed by atoms with Crippen LogP contribution in [0.4, 0.5) is 8.78 Å². The molecule has 3 aromatic carbocycles. The number of H-pyrrole nitrogens is 1. The molecule has 5 aromatic rings. The summed E-state index contributed by atoms with van der Waals surface area (Å²) < 4.78 is 34.6. The number of carbonyl (C=O) groups is 2. The Bertz CT molecular complexity index is 2010. The average molecular weight is 633 g/mol. The zero-order chi connectivity index (χ0) is 32.9. The summed E-state index contributed by atoms with van der Waals surface area (Å²) in [6.45, 7) is 2.44. The molecule has 0 aliphatic heterocycles. The molecule has 1 aliphatic carbocycles. The lowest BCUT2D eigenvalue weighted by Gasteiger charge is -2.22. The number of carbonyl (C=O) groups excluding carboxylic acids is 2. The Balaban J connectivity index is 1.29.